The second-order valence-electron chi connectivity index (χ2n) is 7.76. The summed E-state index contributed by atoms with van der Waals surface area (Å²) in [6.07, 6.45) is -2.02. The Bertz CT molecular complexity index is 1140. The summed E-state index contributed by atoms with van der Waals surface area (Å²) in [6, 6.07) is 11.5. The summed E-state index contributed by atoms with van der Waals surface area (Å²) < 4.78 is 37.0. The van der Waals surface area contributed by atoms with Gasteiger partial charge < -0.3 is 24.8 Å². The Morgan fingerprint density at radius 3 is 2.76 bits per heavy atom. The Morgan fingerprint density at radius 2 is 2.03 bits per heavy atom. The summed E-state index contributed by atoms with van der Waals surface area (Å²) in [5.41, 5.74) is 0.834. The van der Waals surface area contributed by atoms with E-state index in [4.69, 9.17) is 9.47 Å². The Kier molecular flexibility index (Phi) is 6.83. The van der Waals surface area contributed by atoms with E-state index >= 15 is 0 Å². The molecule has 0 aliphatic carbocycles. The molecule has 2 aromatic carbocycles. The molecule has 0 spiro atoms. The number of nitrogens with zero attached hydrogens (tertiary/aromatic N) is 3. The monoisotopic (exact) mass is 458 g/mol. The van der Waals surface area contributed by atoms with E-state index < -0.39 is 12.5 Å². The fourth-order valence-electron chi connectivity index (χ4n) is 3.98. The zero-order valence-corrected chi connectivity index (χ0v) is 18.0. The third kappa shape index (κ3) is 4.95. The zero-order valence-electron chi connectivity index (χ0n) is 18.0. The lowest BCUT2D eigenvalue weighted by atomic mass is 10.0. The van der Waals surface area contributed by atoms with Crippen LogP contribution >= 0.6 is 0 Å². The number of fused-ring (bicyclic) bond motifs is 1. The lowest BCUT2D eigenvalue weighted by Gasteiger charge is -2.31. The molecule has 2 heterocycles. The molecule has 0 bridgehead atoms. The van der Waals surface area contributed by atoms with Crippen LogP contribution in [0.15, 0.2) is 42.5 Å². The number of nitrogens with one attached hydrogen (secondary N) is 1. The lowest BCUT2D eigenvalue weighted by molar-refractivity contribution is 0.0511. The molecule has 0 saturated carbocycles. The molecule has 10 heteroatoms. The van der Waals surface area contributed by atoms with Gasteiger partial charge in [-0.2, -0.15) is 0 Å². The molecule has 174 valence electrons. The van der Waals surface area contributed by atoms with Crippen LogP contribution < -0.4 is 10.1 Å². The number of ether oxygens (including phenoxy) is 2. The van der Waals surface area contributed by atoms with Crippen LogP contribution in [0.4, 0.5) is 19.4 Å². The number of aromatic nitrogens is 2. The average Bonchev–Trinajstić information content (AvgIpc) is 2.83. The van der Waals surface area contributed by atoms with Crippen LogP contribution in [0, 0.1) is 0 Å². The first-order chi connectivity index (χ1) is 16.0. The van der Waals surface area contributed by atoms with Gasteiger partial charge in [0.05, 0.1) is 0 Å². The molecule has 1 aliphatic heterocycles. The quantitative estimate of drug-likeness (QED) is 0.492. The maximum atomic E-state index is 13.2. The maximum Gasteiger partial charge on any atom is 0.407 e. The van der Waals surface area contributed by atoms with Crippen molar-refractivity contribution in [3.05, 3.63) is 48.0 Å². The predicted molar refractivity (Wildman–Crippen MR) is 119 cm³/mol. The number of anilines is 1. The third-order valence-corrected chi connectivity index (χ3v) is 5.57. The van der Waals surface area contributed by atoms with Crippen molar-refractivity contribution < 1.29 is 28.2 Å². The van der Waals surface area contributed by atoms with Crippen molar-refractivity contribution in [1.82, 2.24) is 15.1 Å². The highest BCUT2D eigenvalue weighted by Crippen LogP contribution is 2.37. The molecule has 1 aliphatic rings. The number of piperidine rings is 1. The molecule has 1 unspecified atom stereocenters. The van der Waals surface area contributed by atoms with Gasteiger partial charge in [0.1, 0.15) is 11.4 Å². The van der Waals surface area contributed by atoms with Crippen LogP contribution in [0.25, 0.3) is 22.0 Å². The van der Waals surface area contributed by atoms with E-state index in [0.29, 0.717) is 30.2 Å². The second-order valence-corrected chi connectivity index (χ2v) is 7.76. The summed E-state index contributed by atoms with van der Waals surface area (Å²) in [5.74, 6) is 0.759. The minimum absolute atomic E-state index is 0.0932. The first kappa shape index (κ1) is 22.7. The fraction of sp³-hybridized carbons (Fsp3) is 0.348. The van der Waals surface area contributed by atoms with Gasteiger partial charge in [-0.1, -0.05) is 30.3 Å². The molecule has 2 N–H and O–H groups in total. The number of hydrogen-bond donors (Lipinski definition) is 2. The number of benzene rings is 2. The normalized spacial score (nSPS) is 16.2. The number of carbonyl (C=O) groups is 1. The minimum Gasteiger partial charge on any atom is -0.467 e. The largest absolute Gasteiger partial charge is 0.467 e. The number of alkyl halides is 2. The molecule has 1 fully saturated rings. The van der Waals surface area contributed by atoms with Gasteiger partial charge >= 0.3 is 6.09 Å². The highest BCUT2D eigenvalue weighted by Gasteiger charge is 2.24. The van der Waals surface area contributed by atoms with Gasteiger partial charge in [0.25, 0.3) is 6.43 Å². The summed E-state index contributed by atoms with van der Waals surface area (Å²) in [7, 11) is 1.45. The van der Waals surface area contributed by atoms with Crippen LogP contribution in [-0.2, 0) is 4.74 Å². The highest BCUT2D eigenvalue weighted by atomic mass is 19.3. The Hall–Kier alpha value is -3.53. The van der Waals surface area contributed by atoms with E-state index in [2.05, 4.69) is 15.5 Å². The second kappa shape index (κ2) is 9.95. The molecule has 4 rings (SSSR count). The number of carboxylic acid groups (broad SMARTS) is 1. The highest BCUT2D eigenvalue weighted by molar-refractivity contribution is 6.01. The van der Waals surface area contributed by atoms with Gasteiger partial charge in [-0.05, 0) is 25.0 Å². The van der Waals surface area contributed by atoms with E-state index in [0.717, 1.165) is 23.6 Å². The zero-order chi connectivity index (χ0) is 23.4. The van der Waals surface area contributed by atoms with Crippen molar-refractivity contribution in [1.29, 1.82) is 0 Å². The number of hydrogen-bond acceptors (Lipinski definition) is 6. The van der Waals surface area contributed by atoms with Gasteiger partial charge in [-0.15, -0.1) is 10.2 Å². The lowest BCUT2D eigenvalue weighted by Crippen LogP contribution is -2.44. The van der Waals surface area contributed by atoms with Gasteiger partial charge in [-0.3, -0.25) is 0 Å². The predicted octanol–water partition coefficient (Wildman–Crippen LogP) is 4.77. The van der Waals surface area contributed by atoms with Crippen LogP contribution in [-0.4, -0.2) is 59.3 Å². The number of likely N-dealkylation sites (tertiary alicyclic amines) is 1. The molecular weight excluding hydrogens is 434 g/mol. The summed E-state index contributed by atoms with van der Waals surface area (Å²) in [6.45, 7) is 0.765. The van der Waals surface area contributed by atoms with Gasteiger partial charge in [0.15, 0.2) is 12.6 Å². The van der Waals surface area contributed by atoms with Crippen molar-refractivity contribution in [3.8, 4) is 17.0 Å². The molecule has 1 atom stereocenters. The first-order valence-electron chi connectivity index (χ1n) is 10.5. The first-order valence-corrected chi connectivity index (χ1v) is 10.5. The fourth-order valence-corrected chi connectivity index (χ4v) is 3.98. The molecule has 0 radical (unpaired) electrons. The Balaban J connectivity index is 1.72. The molecule has 1 aromatic heterocycles. The van der Waals surface area contributed by atoms with E-state index in [1.54, 1.807) is 6.07 Å². The summed E-state index contributed by atoms with van der Waals surface area (Å²) in [4.78, 5) is 12.7. The molecule has 8 nitrogen and oxygen atoms in total. The van der Waals surface area contributed by atoms with Crippen LogP contribution in [0.5, 0.6) is 5.75 Å². The summed E-state index contributed by atoms with van der Waals surface area (Å²) in [5, 5.41) is 22.9. The van der Waals surface area contributed by atoms with Crippen molar-refractivity contribution >= 4 is 22.7 Å². The number of rotatable bonds is 7. The van der Waals surface area contributed by atoms with Crippen molar-refractivity contribution in [2.45, 2.75) is 25.3 Å². The molecule has 1 amide bonds. The Labute approximate surface area is 189 Å². The van der Waals surface area contributed by atoms with Crippen molar-refractivity contribution in [2.75, 3.05) is 32.3 Å². The summed E-state index contributed by atoms with van der Waals surface area (Å²) >= 11 is 0. The van der Waals surface area contributed by atoms with Gasteiger partial charge in [0.2, 0.25) is 0 Å². The standard InChI is InChI=1S/C23H24F2N4O4/c1-32-13-33-19-11-14(21(24)25)8-9-18(19)20-16-6-2-3-7-17(16)22(28-27-20)26-15-5-4-10-29(12-15)23(30)31/h2-3,6-9,11,15,21H,4-5,10,12-13H2,1H3,(H,26,28)(H,30,31). The van der Waals surface area contributed by atoms with Crippen LogP contribution in [0.1, 0.15) is 24.8 Å². The minimum atomic E-state index is -2.64. The number of halogens is 2. The van der Waals surface area contributed by atoms with E-state index in [1.807, 2.05) is 24.3 Å². The van der Waals surface area contributed by atoms with Gasteiger partial charge in [-0.25, -0.2) is 13.6 Å². The Morgan fingerprint density at radius 1 is 1.24 bits per heavy atom. The third-order valence-electron chi connectivity index (χ3n) is 5.57. The van der Waals surface area contributed by atoms with Gasteiger partial charge in [0, 0.05) is 48.1 Å². The molecule has 1 saturated heterocycles. The number of methoxy groups -OCH3 is 1. The van der Waals surface area contributed by atoms with E-state index in [1.165, 1.54) is 24.1 Å². The van der Waals surface area contributed by atoms with E-state index in [-0.39, 0.29) is 24.1 Å². The number of amides is 1. The van der Waals surface area contributed by atoms with Crippen LogP contribution in [0.2, 0.25) is 0 Å². The topological polar surface area (TPSA) is 96.8 Å². The average molecular weight is 458 g/mol. The molecule has 33 heavy (non-hydrogen) atoms. The molecule has 3 aromatic rings. The van der Waals surface area contributed by atoms with Crippen LogP contribution in [0.3, 0.4) is 0 Å². The smallest absolute Gasteiger partial charge is 0.407 e. The van der Waals surface area contributed by atoms with Crippen molar-refractivity contribution in [3.63, 3.8) is 0 Å². The van der Waals surface area contributed by atoms with E-state index in [9.17, 15) is 18.7 Å². The SMILES string of the molecule is COCOc1cc(C(F)F)ccc1-c1nnc(NC2CCCN(C(=O)O)C2)c2ccccc12. The van der Waals surface area contributed by atoms with Crippen molar-refractivity contribution in [2.24, 2.45) is 0 Å². The molecular formula is C23H24F2N4O4. The maximum absolute atomic E-state index is 13.2.